The fourth-order valence-electron chi connectivity index (χ4n) is 5.76. The van der Waals surface area contributed by atoms with Gasteiger partial charge in [0.1, 0.15) is 5.41 Å². The predicted molar refractivity (Wildman–Crippen MR) is 131 cm³/mol. The first-order valence-corrected chi connectivity index (χ1v) is 13.6. The minimum atomic E-state index is -1.04. The van der Waals surface area contributed by atoms with Gasteiger partial charge in [-0.1, -0.05) is 57.9 Å². The number of esters is 1. The zero-order chi connectivity index (χ0) is 24.4. The lowest BCUT2D eigenvalue weighted by Gasteiger charge is -2.35. The van der Waals surface area contributed by atoms with Crippen molar-refractivity contribution >= 4 is 17.8 Å². The maximum Gasteiger partial charge on any atom is 0.318 e. The number of nitrogens with zero attached hydrogens (tertiary/aromatic N) is 2. The van der Waals surface area contributed by atoms with Crippen LogP contribution in [0.25, 0.3) is 0 Å². The van der Waals surface area contributed by atoms with Gasteiger partial charge in [0.25, 0.3) is 0 Å². The largest absolute Gasteiger partial charge is 0.465 e. The van der Waals surface area contributed by atoms with Crippen LogP contribution >= 0.6 is 0 Å². The second kappa shape index (κ2) is 13.3. The summed E-state index contributed by atoms with van der Waals surface area (Å²) in [7, 11) is 0. The summed E-state index contributed by atoms with van der Waals surface area (Å²) in [6.07, 6.45) is 13.3. The van der Waals surface area contributed by atoms with Crippen molar-refractivity contribution in [2.75, 3.05) is 39.5 Å². The maximum absolute atomic E-state index is 13.9. The Labute approximate surface area is 205 Å². The quantitative estimate of drug-likeness (QED) is 0.325. The van der Waals surface area contributed by atoms with Crippen molar-refractivity contribution in [2.45, 2.75) is 90.9 Å². The smallest absolute Gasteiger partial charge is 0.318 e. The van der Waals surface area contributed by atoms with E-state index in [9.17, 15) is 14.4 Å². The number of fused-ring (bicyclic) bond motifs is 1. The standard InChI is InChI=1S/C27H44N2O5/c1-3-5-6-7-10-13-16-29-23-14-11-8-9-12-15-27(23,26(32)34-4-2)22(25(29)31)21-24(30)28-17-19-33-20-18-28/h14,22H,3-13,15-21H2,1-2H3/b23-14+/t22-,27-/m1/s1. The van der Waals surface area contributed by atoms with E-state index in [1.807, 2.05) is 4.90 Å². The van der Waals surface area contributed by atoms with E-state index in [2.05, 4.69) is 13.0 Å². The third kappa shape index (κ3) is 6.02. The summed E-state index contributed by atoms with van der Waals surface area (Å²) in [4.78, 5) is 44.3. The zero-order valence-electron chi connectivity index (χ0n) is 21.3. The van der Waals surface area contributed by atoms with E-state index in [-0.39, 0.29) is 30.8 Å². The number of carbonyl (C=O) groups is 3. The van der Waals surface area contributed by atoms with Crippen LogP contribution in [-0.4, -0.2) is 67.0 Å². The van der Waals surface area contributed by atoms with Crippen molar-refractivity contribution in [2.24, 2.45) is 11.3 Å². The van der Waals surface area contributed by atoms with Crippen LogP contribution in [0.15, 0.2) is 11.8 Å². The summed E-state index contributed by atoms with van der Waals surface area (Å²) in [5, 5.41) is 0. The van der Waals surface area contributed by atoms with Gasteiger partial charge in [0.2, 0.25) is 11.8 Å². The molecule has 2 saturated heterocycles. The summed E-state index contributed by atoms with van der Waals surface area (Å²) >= 11 is 0. The fraction of sp³-hybridized carbons (Fsp3) is 0.815. The first kappa shape index (κ1) is 26.7. The number of unbranched alkanes of at least 4 members (excludes halogenated alkanes) is 5. The normalized spacial score (nSPS) is 26.9. The first-order chi connectivity index (χ1) is 16.6. The Morgan fingerprint density at radius 2 is 1.79 bits per heavy atom. The van der Waals surface area contributed by atoms with Gasteiger partial charge in [-0.3, -0.25) is 14.4 Å². The van der Waals surface area contributed by atoms with Gasteiger partial charge >= 0.3 is 5.97 Å². The molecule has 2 aliphatic heterocycles. The van der Waals surface area contributed by atoms with Gasteiger partial charge in [0, 0.05) is 31.8 Å². The molecule has 0 bridgehead atoms. The van der Waals surface area contributed by atoms with Gasteiger partial charge in [-0.05, 0) is 32.6 Å². The zero-order valence-corrected chi connectivity index (χ0v) is 21.3. The van der Waals surface area contributed by atoms with Crippen molar-refractivity contribution in [1.82, 2.24) is 9.80 Å². The Morgan fingerprint density at radius 1 is 1.06 bits per heavy atom. The number of likely N-dealkylation sites (tertiary alicyclic amines) is 1. The van der Waals surface area contributed by atoms with E-state index < -0.39 is 11.3 Å². The molecular weight excluding hydrogens is 432 g/mol. The number of rotatable bonds is 11. The van der Waals surface area contributed by atoms with E-state index in [1.165, 1.54) is 19.3 Å². The van der Waals surface area contributed by atoms with Crippen LogP contribution in [0.1, 0.15) is 90.9 Å². The molecule has 0 radical (unpaired) electrons. The molecule has 7 heteroatoms. The molecule has 0 aromatic carbocycles. The van der Waals surface area contributed by atoms with Gasteiger partial charge < -0.3 is 19.3 Å². The van der Waals surface area contributed by atoms with E-state index in [0.29, 0.717) is 39.3 Å². The molecule has 192 valence electrons. The third-order valence-electron chi connectivity index (χ3n) is 7.64. The molecule has 2 atom stereocenters. The molecule has 0 spiro atoms. The molecule has 0 aromatic rings. The fourth-order valence-corrected chi connectivity index (χ4v) is 5.76. The number of hydrogen-bond donors (Lipinski definition) is 0. The van der Waals surface area contributed by atoms with Crippen molar-refractivity contribution < 1.29 is 23.9 Å². The van der Waals surface area contributed by atoms with Crippen molar-refractivity contribution in [1.29, 1.82) is 0 Å². The van der Waals surface area contributed by atoms with Crippen LogP contribution < -0.4 is 0 Å². The second-order valence-electron chi connectivity index (χ2n) is 9.89. The molecule has 0 saturated carbocycles. The van der Waals surface area contributed by atoms with Gasteiger partial charge in [-0.15, -0.1) is 0 Å². The van der Waals surface area contributed by atoms with Gasteiger partial charge in [-0.2, -0.15) is 0 Å². The molecule has 7 nitrogen and oxygen atoms in total. The van der Waals surface area contributed by atoms with Crippen LogP contribution in [0.3, 0.4) is 0 Å². The molecular formula is C27H44N2O5. The molecule has 3 rings (SSSR count). The minimum absolute atomic E-state index is 0.0575. The van der Waals surface area contributed by atoms with Crippen LogP contribution in [0.2, 0.25) is 0 Å². The molecule has 3 aliphatic rings. The third-order valence-corrected chi connectivity index (χ3v) is 7.64. The number of hydrogen-bond acceptors (Lipinski definition) is 5. The first-order valence-electron chi connectivity index (χ1n) is 13.6. The SMILES string of the molecule is CCCCCCCCN1C(=O)[C@@H](CC(=O)N2CCOCC2)[C@]2(C(=O)OCC)CCCCC/C=C/12. The number of ether oxygens (including phenoxy) is 2. The van der Waals surface area contributed by atoms with Crippen LogP contribution in [0, 0.1) is 11.3 Å². The summed E-state index contributed by atoms with van der Waals surface area (Å²) < 4.78 is 11.0. The van der Waals surface area contributed by atoms with E-state index >= 15 is 0 Å². The van der Waals surface area contributed by atoms with E-state index in [4.69, 9.17) is 9.47 Å². The average molecular weight is 477 g/mol. The Bertz CT molecular complexity index is 731. The lowest BCUT2D eigenvalue weighted by atomic mass is 9.69. The van der Waals surface area contributed by atoms with E-state index in [1.54, 1.807) is 11.8 Å². The molecule has 1 aliphatic carbocycles. The minimum Gasteiger partial charge on any atom is -0.465 e. The molecule has 0 unspecified atom stereocenters. The number of allylic oxidation sites excluding steroid dienone is 1. The Balaban J connectivity index is 1.87. The lowest BCUT2D eigenvalue weighted by Crippen LogP contribution is -2.45. The summed E-state index contributed by atoms with van der Waals surface area (Å²) in [6.45, 7) is 7.00. The number of morpholine rings is 1. The predicted octanol–water partition coefficient (Wildman–Crippen LogP) is 4.45. The summed E-state index contributed by atoms with van der Waals surface area (Å²) in [6, 6.07) is 0. The van der Waals surface area contributed by atoms with Gasteiger partial charge in [0.15, 0.2) is 0 Å². The average Bonchev–Trinajstić information content (AvgIpc) is 3.04. The number of amides is 2. The van der Waals surface area contributed by atoms with Gasteiger partial charge in [-0.25, -0.2) is 0 Å². The molecule has 34 heavy (non-hydrogen) atoms. The number of carbonyl (C=O) groups excluding carboxylic acids is 3. The molecule has 2 fully saturated rings. The van der Waals surface area contributed by atoms with E-state index in [0.717, 1.165) is 50.6 Å². The maximum atomic E-state index is 13.9. The summed E-state index contributed by atoms with van der Waals surface area (Å²) in [5.41, 5.74) is -0.235. The highest BCUT2D eigenvalue weighted by molar-refractivity contribution is 5.98. The monoisotopic (exact) mass is 476 g/mol. The summed E-state index contributed by atoms with van der Waals surface area (Å²) in [5.74, 6) is -1.16. The lowest BCUT2D eigenvalue weighted by molar-refractivity contribution is -0.158. The Morgan fingerprint density at radius 3 is 2.53 bits per heavy atom. The van der Waals surface area contributed by atoms with Crippen LogP contribution in [-0.2, 0) is 23.9 Å². The highest BCUT2D eigenvalue weighted by atomic mass is 16.5. The van der Waals surface area contributed by atoms with Crippen LogP contribution in [0.5, 0.6) is 0 Å². The van der Waals surface area contributed by atoms with Crippen molar-refractivity contribution in [3.05, 3.63) is 11.8 Å². The van der Waals surface area contributed by atoms with Crippen molar-refractivity contribution in [3.63, 3.8) is 0 Å². The molecule has 0 N–H and O–H groups in total. The van der Waals surface area contributed by atoms with Gasteiger partial charge in [0.05, 0.1) is 25.7 Å². The molecule has 0 aromatic heterocycles. The highest BCUT2D eigenvalue weighted by Gasteiger charge is 2.61. The Kier molecular flexibility index (Phi) is 10.4. The molecule has 2 amide bonds. The molecule has 2 heterocycles. The second-order valence-corrected chi connectivity index (χ2v) is 9.89. The van der Waals surface area contributed by atoms with Crippen LogP contribution in [0.4, 0.5) is 0 Å². The topological polar surface area (TPSA) is 76.2 Å². The Hall–Kier alpha value is -1.89. The highest BCUT2D eigenvalue weighted by Crippen LogP contribution is 2.52. The van der Waals surface area contributed by atoms with Crippen molar-refractivity contribution in [3.8, 4) is 0 Å².